The summed E-state index contributed by atoms with van der Waals surface area (Å²) in [4.78, 5) is 21.8. The fourth-order valence-electron chi connectivity index (χ4n) is 2.90. The number of piperazine rings is 1. The number of nitrogen functional groups attached to an aromatic ring is 1. The van der Waals surface area contributed by atoms with Crippen molar-refractivity contribution in [2.45, 2.75) is 13.8 Å². The Hall–Kier alpha value is -1.34. The molecular formula is C14H23N5OS. The number of nitrogens with one attached hydrogen (secondary N) is 1. The Morgan fingerprint density at radius 1 is 1.29 bits per heavy atom. The SMILES string of the molecule is CC1CN(C(=O)c2sc(N3CCNCC3)nc2N)CC1C. The van der Waals surface area contributed by atoms with Crippen molar-refractivity contribution in [1.82, 2.24) is 15.2 Å². The summed E-state index contributed by atoms with van der Waals surface area (Å²) in [7, 11) is 0. The van der Waals surface area contributed by atoms with Gasteiger partial charge in [-0.15, -0.1) is 0 Å². The first kappa shape index (κ1) is 14.6. The van der Waals surface area contributed by atoms with Gasteiger partial charge in [0.25, 0.3) is 5.91 Å². The molecule has 7 heteroatoms. The Balaban J connectivity index is 1.76. The van der Waals surface area contributed by atoms with Crippen LogP contribution < -0.4 is 16.0 Å². The van der Waals surface area contributed by atoms with E-state index in [1.54, 1.807) is 0 Å². The third-order valence-corrected chi connectivity index (χ3v) is 5.62. The summed E-state index contributed by atoms with van der Waals surface area (Å²) in [6, 6.07) is 0. The molecule has 0 aromatic carbocycles. The van der Waals surface area contributed by atoms with E-state index in [2.05, 4.69) is 29.0 Å². The van der Waals surface area contributed by atoms with Crippen LogP contribution in [0.4, 0.5) is 10.9 Å². The standard InChI is InChI=1S/C14H23N5OS/c1-9-7-19(8-10(9)2)13(20)11-12(15)17-14(21-11)18-5-3-16-4-6-18/h9-10,16H,3-8,15H2,1-2H3. The first-order valence-corrected chi connectivity index (χ1v) is 8.39. The zero-order chi connectivity index (χ0) is 15.0. The number of likely N-dealkylation sites (tertiary alicyclic amines) is 1. The van der Waals surface area contributed by atoms with Gasteiger partial charge in [-0.2, -0.15) is 0 Å². The van der Waals surface area contributed by atoms with E-state index in [1.807, 2.05) is 4.90 Å². The van der Waals surface area contributed by atoms with E-state index >= 15 is 0 Å². The Bertz CT molecular complexity index is 515. The third kappa shape index (κ3) is 2.85. The summed E-state index contributed by atoms with van der Waals surface area (Å²) in [6.45, 7) is 9.76. The molecule has 1 amide bonds. The van der Waals surface area contributed by atoms with Crippen molar-refractivity contribution in [3.63, 3.8) is 0 Å². The molecule has 0 bridgehead atoms. The number of hydrogen-bond donors (Lipinski definition) is 2. The van der Waals surface area contributed by atoms with Crippen molar-refractivity contribution < 1.29 is 4.79 Å². The van der Waals surface area contributed by atoms with Crippen molar-refractivity contribution in [3.05, 3.63) is 4.88 Å². The zero-order valence-electron chi connectivity index (χ0n) is 12.6. The molecule has 3 rings (SSSR count). The number of carbonyl (C=O) groups excluding carboxylic acids is 1. The van der Waals surface area contributed by atoms with E-state index in [9.17, 15) is 4.79 Å². The van der Waals surface area contributed by atoms with Gasteiger partial charge in [-0.25, -0.2) is 4.98 Å². The molecule has 2 aliphatic rings. The van der Waals surface area contributed by atoms with Gasteiger partial charge in [0.15, 0.2) is 5.13 Å². The molecule has 2 saturated heterocycles. The lowest BCUT2D eigenvalue weighted by Crippen LogP contribution is -2.43. The van der Waals surface area contributed by atoms with Gasteiger partial charge in [-0.05, 0) is 11.8 Å². The predicted octanol–water partition coefficient (Wildman–Crippen LogP) is 0.863. The van der Waals surface area contributed by atoms with E-state index in [-0.39, 0.29) is 5.91 Å². The Morgan fingerprint density at radius 3 is 2.52 bits per heavy atom. The van der Waals surface area contributed by atoms with Crippen LogP contribution in [0, 0.1) is 11.8 Å². The first-order chi connectivity index (χ1) is 10.1. The summed E-state index contributed by atoms with van der Waals surface area (Å²) in [6.07, 6.45) is 0. The Morgan fingerprint density at radius 2 is 1.90 bits per heavy atom. The number of aromatic nitrogens is 1. The van der Waals surface area contributed by atoms with Crippen molar-refractivity contribution in [2.75, 3.05) is 49.9 Å². The number of thiazole rings is 1. The van der Waals surface area contributed by atoms with Crippen LogP contribution >= 0.6 is 11.3 Å². The molecule has 1 aromatic heterocycles. The molecule has 0 aliphatic carbocycles. The Labute approximate surface area is 129 Å². The van der Waals surface area contributed by atoms with Gasteiger partial charge in [-0.3, -0.25) is 4.79 Å². The lowest BCUT2D eigenvalue weighted by Gasteiger charge is -2.26. The lowest BCUT2D eigenvalue weighted by atomic mass is 10.0. The summed E-state index contributed by atoms with van der Waals surface area (Å²) in [5.41, 5.74) is 6.00. The van der Waals surface area contributed by atoms with Crippen molar-refractivity contribution >= 4 is 28.2 Å². The highest BCUT2D eigenvalue weighted by atomic mass is 32.1. The maximum atomic E-state index is 12.6. The fourth-order valence-corrected chi connectivity index (χ4v) is 3.91. The molecule has 1 aromatic rings. The average molecular weight is 309 g/mol. The molecule has 0 spiro atoms. The summed E-state index contributed by atoms with van der Waals surface area (Å²) < 4.78 is 0. The van der Waals surface area contributed by atoms with Gasteiger partial charge in [0, 0.05) is 39.3 Å². The normalized spacial score (nSPS) is 26.4. The van der Waals surface area contributed by atoms with Crippen LogP contribution in [0.1, 0.15) is 23.5 Å². The highest BCUT2D eigenvalue weighted by Crippen LogP contribution is 2.31. The third-order valence-electron chi connectivity index (χ3n) is 4.50. The number of rotatable bonds is 2. The number of anilines is 2. The minimum atomic E-state index is 0.0441. The van der Waals surface area contributed by atoms with Crippen LogP contribution in [0.25, 0.3) is 0 Å². The number of carbonyl (C=O) groups is 1. The van der Waals surface area contributed by atoms with E-state index in [0.717, 1.165) is 44.4 Å². The minimum absolute atomic E-state index is 0.0441. The fraction of sp³-hybridized carbons (Fsp3) is 0.714. The van der Waals surface area contributed by atoms with Crippen LogP contribution in [0.5, 0.6) is 0 Å². The summed E-state index contributed by atoms with van der Waals surface area (Å²) in [5, 5.41) is 4.18. The predicted molar refractivity (Wildman–Crippen MR) is 85.8 cm³/mol. The van der Waals surface area contributed by atoms with Gasteiger partial charge >= 0.3 is 0 Å². The lowest BCUT2D eigenvalue weighted by molar-refractivity contribution is 0.0790. The Kier molecular flexibility index (Phi) is 4.03. The van der Waals surface area contributed by atoms with Crippen LogP contribution in [-0.2, 0) is 0 Å². The molecule has 3 heterocycles. The summed E-state index contributed by atoms with van der Waals surface area (Å²) in [5.74, 6) is 1.53. The van der Waals surface area contributed by atoms with Crippen LogP contribution in [0.3, 0.4) is 0 Å². The smallest absolute Gasteiger partial charge is 0.267 e. The molecule has 2 fully saturated rings. The minimum Gasteiger partial charge on any atom is -0.382 e. The first-order valence-electron chi connectivity index (χ1n) is 7.57. The van der Waals surface area contributed by atoms with Crippen molar-refractivity contribution in [3.8, 4) is 0 Å². The molecule has 0 radical (unpaired) electrons. The number of nitrogens with two attached hydrogens (primary N) is 1. The van der Waals surface area contributed by atoms with E-state index in [0.29, 0.717) is 22.5 Å². The highest BCUT2D eigenvalue weighted by molar-refractivity contribution is 7.18. The number of amides is 1. The number of nitrogens with zero attached hydrogens (tertiary/aromatic N) is 3. The largest absolute Gasteiger partial charge is 0.382 e. The van der Waals surface area contributed by atoms with Crippen molar-refractivity contribution in [2.24, 2.45) is 11.8 Å². The molecule has 21 heavy (non-hydrogen) atoms. The maximum Gasteiger partial charge on any atom is 0.267 e. The molecule has 2 atom stereocenters. The van der Waals surface area contributed by atoms with E-state index < -0.39 is 0 Å². The zero-order valence-corrected chi connectivity index (χ0v) is 13.4. The van der Waals surface area contributed by atoms with Gasteiger partial charge in [0.2, 0.25) is 0 Å². The monoisotopic (exact) mass is 309 g/mol. The second kappa shape index (κ2) is 5.81. The average Bonchev–Trinajstić information content (AvgIpc) is 3.03. The molecule has 3 N–H and O–H groups in total. The van der Waals surface area contributed by atoms with Gasteiger partial charge in [0.05, 0.1) is 0 Å². The number of hydrogen-bond acceptors (Lipinski definition) is 6. The second-order valence-corrected chi connectivity index (χ2v) is 7.09. The van der Waals surface area contributed by atoms with Gasteiger partial charge in [0.1, 0.15) is 10.7 Å². The van der Waals surface area contributed by atoms with E-state index in [4.69, 9.17) is 5.73 Å². The molecule has 2 unspecified atom stereocenters. The van der Waals surface area contributed by atoms with Crippen LogP contribution in [-0.4, -0.2) is 55.1 Å². The van der Waals surface area contributed by atoms with Crippen LogP contribution in [0.2, 0.25) is 0 Å². The van der Waals surface area contributed by atoms with E-state index in [1.165, 1.54) is 11.3 Å². The quantitative estimate of drug-likeness (QED) is 0.848. The molecule has 116 valence electrons. The molecule has 6 nitrogen and oxygen atoms in total. The van der Waals surface area contributed by atoms with Crippen molar-refractivity contribution in [1.29, 1.82) is 0 Å². The van der Waals surface area contributed by atoms with Gasteiger partial charge in [-0.1, -0.05) is 25.2 Å². The second-order valence-electron chi connectivity index (χ2n) is 6.11. The van der Waals surface area contributed by atoms with Crippen LogP contribution in [0.15, 0.2) is 0 Å². The molecule has 2 aliphatic heterocycles. The highest BCUT2D eigenvalue weighted by Gasteiger charge is 2.32. The summed E-state index contributed by atoms with van der Waals surface area (Å²) >= 11 is 1.43. The molecular weight excluding hydrogens is 286 g/mol. The molecule has 0 saturated carbocycles. The topological polar surface area (TPSA) is 74.5 Å². The maximum absolute atomic E-state index is 12.6. The van der Waals surface area contributed by atoms with Gasteiger partial charge < -0.3 is 20.9 Å².